The number of aryl methyl sites for hydroxylation is 2. The van der Waals surface area contributed by atoms with Crippen molar-refractivity contribution in [1.82, 2.24) is 9.78 Å². The van der Waals surface area contributed by atoms with Crippen molar-refractivity contribution < 1.29 is 4.79 Å². The number of anilines is 1. The summed E-state index contributed by atoms with van der Waals surface area (Å²) in [6, 6.07) is 3.73. The van der Waals surface area contributed by atoms with Crippen LogP contribution in [0.1, 0.15) is 33.3 Å². The minimum Gasteiger partial charge on any atom is -0.333 e. The smallest absolute Gasteiger partial charge is 0.212 e. The summed E-state index contributed by atoms with van der Waals surface area (Å²) in [4.78, 5) is 10.4. The number of nitrogens with one attached hydrogen (secondary N) is 1. The number of halogens is 1. The number of benzene rings is 1. The average molecular weight is 315 g/mol. The average Bonchev–Trinajstić information content (AvgIpc) is 2.87. The predicted molar refractivity (Wildman–Crippen MR) is 93.0 cm³/mol. The standard InChI is InChI=1S/C10H10ClN3O.2C2H6.CH5N/c1-6-3-4-7(11)8-9(6)14(2)13-10(8)12-5-15;3*1-2/h3-5H,1-2H3,(H,12,13,15);2*1-2H3;2H2,1H3. The molecule has 2 rings (SSSR count). The van der Waals surface area contributed by atoms with E-state index >= 15 is 0 Å². The fourth-order valence-corrected chi connectivity index (χ4v) is 1.96. The van der Waals surface area contributed by atoms with Gasteiger partial charge in [-0.2, -0.15) is 5.10 Å². The van der Waals surface area contributed by atoms with Gasteiger partial charge in [0, 0.05) is 7.05 Å². The van der Waals surface area contributed by atoms with E-state index in [1.54, 1.807) is 10.7 Å². The number of nitrogens with zero attached hydrogens (tertiary/aromatic N) is 2. The zero-order valence-electron chi connectivity index (χ0n) is 14.0. The Morgan fingerprint density at radius 1 is 1.24 bits per heavy atom. The number of amides is 1. The molecule has 6 heteroatoms. The van der Waals surface area contributed by atoms with E-state index in [2.05, 4.69) is 16.1 Å². The van der Waals surface area contributed by atoms with E-state index in [0.29, 0.717) is 17.3 Å². The predicted octanol–water partition coefficient (Wildman–Crippen LogP) is 3.73. The van der Waals surface area contributed by atoms with E-state index in [1.165, 1.54) is 7.05 Å². The first-order valence-corrected chi connectivity index (χ1v) is 7.42. The lowest BCUT2D eigenvalue weighted by molar-refractivity contribution is -0.105. The highest BCUT2D eigenvalue weighted by Gasteiger charge is 2.13. The van der Waals surface area contributed by atoms with E-state index in [0.717, 1.165) is 16.5 Å². The Labute approximate surface area is 132 Å². The normalized spacial score (nSPS) is 8.43. The summed E-state index contributed by atoms with van der Waals surface area (Å²) in [5.74, 6) is 0.496. The molecule has 0 aliphatic rings. The molecule has 0 saturated carbocycles. The molecule has 0 radical (unpaired) electrons. The van der Waals surface area contributed by atoms with Gasteiger partial charge in [-0.25, -0.2) is 0 Å². The highest BCUT2D eigenvalue weighted by molar-refractivity contribution is 6.36. The highest BCUT2D eigenvalue weighted by atomic mass is 35.5. The first kappa shape index (κ1) is 21.7. The monoisotopic (exact) mass is 314 g/mol. The fraction of sp³-hybridized carbons (Fsp3) is 0.467. The summed E-state index contributed by atoms with van der Waals surface area (Å²) in [7, 11) is 3.32. The number of nitrogens with two attached hydrogens (primary N) is 1. The molecule has 0 saturated heterocycles. The molecule has 1 amide bonds. The van der Waals surface area contributed by atoms with Crippen molar-refractivity contribution in [2.75, 3.05) is 12.4 Å². The first-order chi connectivity index (χ1) is 10.1. The largest absolute Gasteiger partial charge is 0.333 e. The van der Waals surface area contributed by atoms with Gasteiger partial charge in [0.25, 0.3) is 0 Å². The van der Waals surface area contributed by atoms with Gasteiger partial charge in [0.05, 0.1) is 15.9 Å². The molecule has 0 atom stereocenters. The first-order valence-electron chi connectivity index (χ1n) is 7.05. The van der Waals surface area contributed by atoms with E-state index in [4.69, 9.17) is 11.6 Å². The van der Waals surface area contributed by atoms with Crippen molar-refractivity contribution in [1.29, 1.82) is 0 Å². The molecule has 2 aromatic rings. The van der Waals surface area contributed by atoms with E-state index in [-0.39, 0.29) is 0 Å². The van der Waals surface area contributed by atoms with Gasteiger partial charge in [0.1, 0.15) is 0 Å². The van der Waals surface area contributed by atoms with Crippen molar-refractivity contribution in [3.63, 3.8) is 0 Å². The molecule has 0 fully saturated rings. The molecular weight excluding hydrogens is 288 g/mol. The Bertz CT molecular complexity index is 538. The van der Waals surface area contributed by atoms with Crippen molar-refractivity contribution in [2.24, 2.45) is 12.8 Å². The number of rotatable bonds is 2. The lowest BCUT2D eigenvalue weighted by atomic mass is 10.1. The summed E-state index contributed by atoms with van der Waals surface area (Å²) in [6.45, 7) is 9.98. The van der Waals surface area contributed by atoms with Crippen LogP contribution in [-0.2, 0) is 11.8 Å². The van der Waals surface area contributed by atoms with Gasteiger partial charge in [0.15, 0.2) is 5.82 Å². The Morgan fingerprint density at radius 2 is 1.76 bits per heavy atom. The molecule has 3 N–H and O–H groups in total. The summed E-state index contributed by atoms with van der Waals surface area (Å²) < 4.78 is 1.71. The van der Waals surface area contributed by atoms with Gasteiger partial charge < -0.3 is 11.1 Å². The lowest BCUT2D eigenvalue weighted by Crippen LogP contribution is -1.96. The van der Waals surface area contributed by atoms with E-state index in [9.17, 15) is 4.79 Å². The number of aromatic nitrogens is 2. The van der Waals surface area contributed by atoms with Gasteiger partial charge in [-0.15, -0.1) is 0 Å². The van der Waals surface area contributed by atoms with Gasteiger partial charge >= 0.3 is 0 Å². The molecule has 21 heavy (non-hydrogen) atoms. The van der Waals surface area contributed by atoms with Gasteiger partial charge in [-0.1, -0.05) is 45.4 Å². The molecule has 5 nitrogen and oxygen atoms in total. The Hall–Kier alpha value is -1.59. The van der Waals surface area contributed by atoms with Crippen LogP contribution >= 0.6 is 11.6 Å². The number of carbonyl (C=O) groups is 1. The number of carbonyl (C=O) groups excluding carboxylic acids is 1. The van der Waals surface area contributed by atoms with E-state index < -0.39 is 0 Å². The molecule has 1 heterocycles. The van der Waals surface area contributed by atoms with Crippen LogP contribution in [0.2, 0.25) is 5.02 Å². The topological polar surface area (TPSA) is 72.9 Å². The van der Waals surface area contributed by atoms with Crippen LogP contribution in [0.25, 0.3) is 10.9 Å². The lowest BCUT2D eigenvalue weighted by Gasteiger charge is -2.00. The third-order valence-electron chi connectivity index (χ3n) is 2.33. The van der Waals surface area contributed by atoms with Crippen molar-refractivity contribution in [2.45, 2.75) is 34.6 Å². The summed E-state index contributed by atoms with van der Waals surface area (Å²) in [6.07, 6.45) is 0.598. The Balaban J connectivity index is 0. The minimum atomic E-state index is 0.496. The van der Waals surface area contributed by atoms with Gasteiger partial charge in [-0.3, -0.25) is 9.48 Å². The quantitative estimate of drug-likeness (QED) is 0.829. The van der Waals surface area contributed by atoms with Crippen LogP contribution in [0.5, 0.6) is 0 Å². The van der Waals surface area contributed by atoms with Gasteiger partial charge in [-0.05, 0) is 25.6 Å². The number of hydrogen-bond donors (Lipinski definition) is 2. The zero-order chi connectivity index (χ0) is 17.0. The van der Waals surface area contributed by atoms with Crippen molar-refractivity contribution >= 4 is 34.7 Å². The maximum atomic E-state index is 10.4. The summed E-state index contributed by atoms with van der Waals surface area (Å²) in [5, 5.41) is 8.11. The Morgan fingerprint density at radius 3 is 2.24 bits per heavy atom. The third-order valence-corrected chi connectivity index (χ3v) is 2.65. The number of hydrogen-bond acceptors (Lipinski definition) is 3. The fourth-order valence-electron chi connectivity index (χ4n) is 1.72. The molecule has 120 valence electrons. The van der Waals surface area contributed by atoms with Crippen LogP contribution in [0.15, 0.2) is 12.1 Å². The highest BCUT2D eigenvalue weighted by Crippen LogP contribution is 2.31. The molecule has 0 bridgehead atoms. The molecular formula is C15H27ClN4O. The zero-order valence-corrected chi connectivity index (χ0v) is 14.7. The maximum absolute atomic E-state index is 10.4. The SMILES string of the molecule is CC.CC.CN.Cc1ccc(Cl)c2c(NC=O)nn(C)c12. The molecule has 1 aromatic carbocycles. The Kier molecular flexibility index (Phi) is 12.6. The van der Waals surface area contributed by atoms with Crippen LogP contribution in [0, 0.1) is 6.92 Å². The number of fused-ring (bicyclic) bond motifs is 1. The van der Waals surface area contributed by atoms with Crippen LogP contribution in [0.4, 0.5) is 5.82 Å². The van der Waals surface area contributed by atoms with Gasteiger partial charge in [0.2, 0.25) is 6.41 Å². The van der Waals surface area contributed by atoms with Crippen LogP contribution < -0.4 is 11.1 Å². The second-order valence-corrected chi connectivity index (χ2v) is 3.73. The summed E-state index contributed by atoms with van der Waals surface area (Å²) in [5.41, 5.74) is 6.51. The molecule has 0 aliphatic carbocycles. The molecule has 0 unspecified atom stereocenters. The van der Waals surface area contributed by atoms with Crippen LogP contribution in [-0.4, -0.2) is 23.2 Å². The molecule has 1 aromatic heterocycles. The third kappa shape index (κ3) is 5.36. The second kappa shape index (κ2) is 12.2. The van der Waals surface area contributed by atoms with E-state index in [1.807, 2.05) is 47.7 Å². The minimum absolute atomic E-state index is 0.496. The molecule has 0 aliphatic heterocycles. The van der Waals surface area contributed by atoms with Crippen LogP contribution in [0.3, 0.4) is 0 Å². The summed E-state index contributed by atoms with van der Waals surface area (Å²) >= 11 is 6.07. The second-order valence-electron chi connectivity index (χ2n) is 3.32. The maximum Gasteiger partial charge on any atom is 0.212 e. The van der Waals surface area contributed by atoms with Crippen molar-refractivity contribution in [3.8, 4) is 0 Å². The molecule has 0 spiro atoms. The van der Waals surface area contributed by atoms with Crippen molar-refractivity contribution in [3.05, 3.63) is 22.7 Å².